The van der Waals surface area contributed by atoms with E-state index in [0.29, 0.717) is 17.9 Å². The predicted octanol–water partition coefficient (Wildman–Crippen LogP) is 2.35. The van der Waals surface area contributed by atoms with E-state index in [9.17, 15) is 4.79 Å². The predicted molar refractivity (Wildman–Crippen MR) is 80.1 cm³/mol. The Labute approximate surface area is 120 Å². The number of methoxy groups -OCH3 is 1. The van der Waals surface area contributed by atoms with E-state index in [-0.39, 0.29) is 11.9 Å². The lowest BCUT2D eigenvalue weighted by atomic mass is 10.1. The molecule has 1 aliphatic rings. The van der Waals surface area contributed by atoms with Crippen molar-refractivity contribution in [3.05, 3.63) is 29.3 Å². The average Bonchev–Trinajstić information content (AvgIpc) is 2.71. The van der Waals surface area contributed by atoms with E-state index < -0.39 is 0 Å². The van der Waals surface area contributed by atoms with Gasteiger partial charge in [0.15, 0.2) is 0 Å². The lowest BCUT2D eigenvalue weighted by molar-refractivity contribution is 0.0685. The number of carbonyl (C=O) groups excluding carboxylic acids is 1. The van der Waals surface area contributed by atoms with Crippen LogP contribution in [0.15, 0.2) is 18.2 Å². The van der Waals surface area contributed by atoms with Crippen LogP contribution in [0.2, 0.25) is 0 Å². The number of hydrogen-bond acceptors (Lipinski definition) is 3. The summed E-state index contributed by atoms with van der Waals surface area (Å²) >= 11 is 0. The molecule has 1 fully saturated rings. The van der Waals surface area contributed by atoms with Crippen molar-refractivity contribution in [2.75, 3.05) is 20.2 Å². The molecule has 1 aliphatic heterocycles. The molecule has 1 unspecified atom stereocenters. The van der Waals surface area contributed by atoms with Crippen LogP contribution >= 0.6 is 0 Å². The molecule has 0 spiro atoms. The molecule has 0 radical (unpaired) electrons. The monoisotopic (exact) mass is 276 g/mol. The first-order valence-corrected chi connectivity index (χ1v) is 7.33. The van der Waals surface area contributed by atoms with Gasteiger partial charge in [-0.25, -0.2) is 0 Å². The number of nitrogens with two attached hydrogens (primary N) is 1. The van der Waals surface area contributed by atoms with E-state index in [4.69, 9.17) is 10.5 Å². The van der Waals surface area contributed by atoms with Crippen molar-refractivity contribution in [2.45, 2.75) is 38.6 Å². The van der Waals surface area contributed by atoms with Gasteiger partial charge in [0.2, 0.25) is 0 Å². The summed E-state index contributed by atoms with van der Waals surface area (Å²) < 4.78 is 5.33. The van der Waals surface area contributed by atoms with Crippen LogP contribution in [0, 0.1) is 6.92 Å². The van der Waals surface area contributed by atoms with Crippen LogP contribution in [-0.2, 0) is 0 Å². The highest BCUT2D eigenvalue weighted by Crippen LogP contribution is 2.25. The minimum Gasteiger partial charge on any atom is -0.496 e. The molecular formula is C16H24N2O2. The maximum atomic E-state index is 12.8. The molecule has 0 saturated carbocycles. The minimum absolute atomic E-state index is 0.0444. The van der Waals surface area contributed by atoms with Gasteiger partial charge in [0.1, 0.15) is 5.75 Å². The van der Waals surface area contributed by atoms with Crippen molar-refractivity contribution in [1.82, 2.24) is 4.90 Å². The molecule has 0 aliphatic carbocycles. The Balaban J connectivity index is 2.30. The lowest BCUT2D eigenvalue weighted by Crippen LogP contribution is -2.44. The highest BCUT2D eigenvalue weighted by atomic mass is 16.5. The maximum absolute atomic E-state index is 12.8. The smallest absolute Gasteiger partial charge is 0.257 e. The summed E-state index contributed by atoms with van der Waals surface area (Å²) in [5.74, 6) is 0.684. The van der Waals surface area contributed by atoms with Crippen molar-refractivity contribution >= 4 is 5.91 Å². The van der Waals surface area contributed by atoms with Gasteiger partial charge in [0.05, 0.1) is 12.7 Å². The van der Waals surface area contributed by atoms with E-state index >= 15 is 0 Å². The van der Waals surface area contributed by atoms with Gasteiger partial charge in [-0.2, -0.15) is 0 Å². The van der Waals surface area contributed by atoms with Gasteiger partial charge in [0, 0.05) is 19.1 Å². The molecule has 1 saturated heterocycles. The Morgan fingerprint density at radius 3 is 2.90 bits per heavy atom. The molecule has 1 atom stereocenters. The van der Waals surface area contributed by atoms with Crippen molar-refractivity contribution in [3.63, 3.8) is 0 Å². The molecule has 4 heteroatoms. The Kier molecular flexibility index (Phi) is 5.01. The van der Waals surface area contributed by atoms with Crippen LogP contribution in [0.25, 0.3) is 0 Å². The molecule has 4 nitrogen and oxygen atoms in total. The molecule has 1 aromatic rings. The highest BCUT2D eigenvalue weighted by molar-refractivity contribution is 5.97. The normalized spacial score (nSPS) is 19.6. The summed E-state index contributed by atoms with van der Waals surface area (Å²) in [7, 11) is 1.60. The van der Waals surface area contributed by atoms with Crippen molar-refractivity contribution in [1.29, 1.82) is 0 Å². The minimum atomic E-state index is 0.0444. The second-order valence-corrected chi connectivity index (χ2v) is 5.44. The van der Waals surface area contributed by atoms with Crippen LogP contribution in [0.3, 0.4) is 0 Å². The SMILES string of the molecule is COc1ccc(C)cc1C(=O)N1CCCCCC1CN. The standard InChI is InChI=1S/C16H24N2O2/c1-12-7-8-15(20-2)14(10-12)16(19)18-9-5-3-4-6-13(18)11-17/h7-8,10,13H,3-6,9,11,17H2,1-2H3. The fourth-order valence-electron chi connectivity index (χ4n) is 2.83. The second kappa shape index (κ2) is 6.75. The molecule has 110 valence electrons. The number of rotatable bonds is 3. The number of nitrogens with zero attached hydrogens (tertiary/aromatic N) is 1. The first kappa shape index (κ1) is 14.9. The van der Waals surface area contributed by atoms with Gasteiger partial charge in [-0.3, -0.25) is 4.79 Å². The van der Waals surface area contributed by atoms with E-state index in [0.717, 1.165) is 31.4 Å². The van der Waals surface area contributed by atoms with Crippen molar-refractivity contribution < 1.29 is 9.53 Å². The van der Waals surface area contributed by atoms with Crippen molar-refractivity contribution in [3.8, 4) is 5.75 Å². The molecule has 0 bridgehead atoms. The lowest BCUT2D eigenvalue weighted by Gasteiger charge is -2.29. The molecular weight excluding hydrogens is 252 g/mol. The van der Waals surface area contributed by atoms with Crippen molar-refractivity contribution in [2.24, 2.45) is 5.73 Å². The third-order valence-corrected chi connectivity index (χ3v) is 4.00. The molecule has 20 heavy (non-hydrogen) atoms. The van der Waals surface area contributed by atoms with Gasteiger partial charge in [-0.1, -0.05) is 24.5 Å². The number of carbonyl (C=O) groups is 1. The van der Waals surface area contributed by atoms with Crippen LogP contribution < -0.4 is 10.5 Å². The molecule has 0 aromatic heterocycles. The summed E-state index contributed by atoms with van der Waals surface area (Å²) in [5.41, 5.74) is 7.56. The Morgan fingerprint density at radius 2 is 2.20 bits per heavy atom. The van der Waals surface area contributed by atoms with E-state index in [1.807, 2.05) is 30.0 Å². The Morgan fingerprint density at radius 1 is 1.40 bits per heavy atom. The van der Waals surface area contributed by atoms with Crippen LogP contribution in [0.4, 0.5) is 0 Å². The van der Waals surface area contributed by atoms with Crippen LogP contribution in [0.5, 0.6) is 5.75 Å². The zero-order chi connectivity index (χ0) is 14.5. The highest BCUT2D eigenvalue weighted by Gasteiger charge is 2.27. The van der Waals surface area contributed by atoms with E-state index in [1.54, 1.807) is 7.11 Å². The first-order chi connectivity index (χ1) is 9.67. The topological polar surface area (TPSA) is 55.6 Å². The largest absolute Gasteiger partial charge is 0.496 e. The molecule has 1 heterocycles. The number of ether oxygens (including phenoxy) is 1. The van der Waals surface area contributed by atoms with Crippen LogP contribution in [-0.4, -0.2) is 37.0 Å². The second-order valence-electron chi connectivity index (χ2n) is 5.44. The summed E-state index contributed by atoms with van der Waals surface area (Å²) in [6, 6.07) is 5.87. The molecule has 2 rings (SSSR count). The maximum Gasteiger partial charge on any atom is 0.257 e. The van der Waals surface area contributed by atoms with Crippen LogP contribution in [0.1, 0.15) is 41.6 Å². The quantitative estimate of drug-likeness (QED) is 0.922. The zero-order valence-electron chi connectivity index (χ0n) is 12.4. The molecule has 1 amide bonds. The number of benzene rings is 1. The Hall–Kier alpha value is -1.55. The zero-order valence-corrected chi connectivity index (χ0v) is 12.4. The summed E-state index contributed by atoms with van der Waals surface area (Å²) in [6.07, 6.45) is 4.37. The number of aryl methyl sites for hydroxylation is 1. The van der Waals surface area contributed by atoms with Gasteiger partial charge < -0.3 is 15.4 Å². The number of hydrogen-bond donors (Lipinski definition) is 1. The first-order valence-electron chi connectivity index (χ1n) is 7.33. The fraction of sp³-hybridized carbons (Fsp3) is 0.562. The van der Waals surface area contributed by atoms with Gasteiger partial charge in [0.25, 0.3) is 5.91 Å². The van der Waals surface area contributed by atoms with Gasteiger partial charge in [-0.15, -0.1) is 0 Å². The Bertz CT molecular complexity index is 474. The summed E-state index contributed by atoms with van der Waals surface area (Å²) in [5, 5.41) is 0. The van der Waals surface area contributed by atoms with Gasteiger partial charge >= 0.3 is 0 Å². The number of amides is 1. The summed E-state index contributed by atoms with van der Waals surface area (Å²) in [4.78, 5) is 14.8. The van der Waals surface area contributed by atoms with E-state index in [2.05, 4.69) is 0 Å². The number of likely N-dealkylation sites (tertiary alicyclic amines) is 1. The van der Waals surface area contributed by atoms with Gasteiger partial charge in [-0.05, 0) is 31.9 Å². The molecule has 2 N–H and O–H groups in total. The van der Waals surface area contributed by atoms with E-state index in [1.165, 1.54) is 6.42 Å². The summed E-state index contributed by atoms with van der Waals surface area (Å²) in [6.45, 7) is 3.30. The third kappa shape index (κ3) is 3.12. The fourth-order valence-corrected chi connectivity index (χ4v) is 2.83. The average molecular weight is 276 g/mol. The molecule has 1 aromatic carbocycles. The third-order valence-electron chi connectivity index (χ3n) is 4.00.